The van der Waals surface area contributed by atoms with E-state index in [0.29, 0.717) is 0 Å². The lowest BCUT2D eigenvalue weighted by molar-refractivity contribution is 0.0686. The molecule has 104 valence electrons. The highest BCUT2D eigenvalue weighted by atomic mass is 79.9. The highest BCUT2D eigenvalue weighted by Crippen LogP contribution is 2.24. The lowest BCUT2D eigenvalue weighted by Crippen LogP contribution is -2.38. The van der Waals surface area contributed by atoms with Crippen LogP contribution in [-0.4, -0.2) is 23.9 Å². The molecule has 2 rings (SSSR count). The summed E-state index contributed by atoms with van der Waals surface area (Å²) in [4.78, 5) is 14.4. The Morgan fingerprint density at radius 3 is 2.63 bits per heavy atom. The monoisotopic (exact) mass is 323 g/mol. The van der Waals surface area contributed by atoms with Crippen LogP contribution in [0.5, 0.6) is 0 Å². The van der Waals surface area contributed by atoms with E-state index in [4.69, 9.17) is 0 Å². The molecule has 0 atom stereocenters. The van der Waals surface area contributed by atoms with Crippen LogP contribution in [0.25, 0.3) is 0 Å². The largest absolute Gasteiger partial charge is 0.339 e. The van der Waals surface area contributed by atoms with Crippen molar-refractivity contribution < 1.29 is 4.79 Å². The molecular weight excluding hydrogens is 302 g/mol. The van der Waals surface area contributed by atoms with Crippen molar-refractivity contribution in [2.24, 2.45) is 5.92 Å². The van der Waals surface area contributed by atoms with E-state index < -0.39 is 0 Å². The molecule has 2 nitrogen and oxygen atoms in total. The fourth-order valence-electron chi connectivity index (χ4n) is 2.79. The summed E-state index contributed by atoms with van der Waals surface area (Å²) in [6.45, 7) is 6.09. The third-order valence-corrected chi connectivity index (χ3v) is 4.89. The van der Waals surface area contributed by atoms with E-state index in [1.54, 1.807) is 0 Å². The normalized spacial score (nSPS) is 16.7. The molecule has 1 saturated heterocycles. The summed E-state index contributed by atoms with van der Waals surface area (Å²) in [5.41, 5.74) is 1.93. The number of hydrogen-bond donors (Lipinski definition) is 0. The van der Waals surface area contributed by atoms with Crippen molar-refractivity contribution in [1.82, 2.24) is 4.90 Å². The van der Waals surface area contributed by atoms with Gasteiger partial charge in [0, 0.05) is 23.1 Å². The Labute approximate surface area is 124 Å². The van der Waals surface area contributed by atoms with Crippen molar-refractivity contribution in [2.75, 3.05) is 13.1 Å². The minimum atomic E-state index is 0.186. The fraction of sp³-hybridized carbons (Fsp3) is 0.562. The van der Waals surface area contributed by atoms with Gasteiger partial charge in [0.1, 0.15) is 0 Å². The van der Waals surface area contributed by atoms with Crippen LogP contribution >= 0.6 is 15.9 Å². The number of carbonyl (C=O) groups is 1. The summed E-state index contributed by atoms with van der Waals surface area (Å²) in [5, 5.41) is 0. The average Bonchev–Trinajstić information content (AvgIpc) is 2.42. The van der Waals surface area contributed by atoms with E-state index in [1.165, 1.54) is 12.8 Å². The first-order chi connectivity index (χ1) is 9.11. The van der Waals surface area contributed by atoms with E-state index in [2.05, 4.69) is 22.9 Å². The molecule has 1 aromatic carbocycles. The van der Waals surface area contributed by atoms with Crippen LogP contribution in [0.4, 0.5) is 0 Å². The molecule has 0 unspecified atom stereocenters. The minimum absolute atomic E-state index is 0.186. The number of benzene rings is 1. The zero-order chi connectivity index (χ0) is 13.8. The number of aryl methyl sites for hydroxylation is 1. The average molecular weight is 324 g/mol. The minimum Gasteiger partial charge on any atom is -0.339 e. The van der Waals surface area contributed by atoms with Gasteiger partial charge < -0.3 is 4.90 Å². The Morgan fingerprint density at radius 1 is 1.37 bits per heavy atom. The summed E-state index contributed by atoms with van der Waals surface area (Å²) >= 11 is 3.47. The van der Waals surface area contributed by atoms with Crippen LogP contribution in [-0.2, 0) is 0 Å². The number of rotatable bonds is 3. The molecule has 0 spiro atoms. The number of hydrogen-bond acceptors (Lipinski definition) is 1. The van der Waals surface area contributed by atoms with Crippen molar-refractivity contribution in [3.8, 4) is 0 Å². The molecule has 0 N–H and O–H groups in total. The standard InChI is InChI=1S/C16H22BrNO/c1-3-4-13-7-9-18(10-8-13)16(19)14-5-6-15(17)12(2)11-14/h5-6,11,13H,3-4,7-10H2,1-2H3. The maximum absolute atomic E-state index is 12.4. The first kappa shape index (κ1) is 14.6. The van der Waals surface area contributed by atoms with Gasteiger partial charge in [0.05, 0.1) is 0 Å². The molecule has 3 heteroatoms. The summed E-state index contributed by atoms with van der Waals surface area (Å²) in [6.07, 6.45) is 4.88. The molecule has 1 amide bonds. The van der Waals surface area contributed by atoms with Gasteiger partial charge in [-0.1, -0.05) is 35.7 Å². The Kier molecular flexibility index (Phi) is 5.03. The summed E-state index contributed by atoms with van der Waals surface area (Å²) in [5.74, 6) is 1.01. The van der Waals surface area contributed by atoms with E-state index in [1.807, 2.05) is 30.0 Å². The zero-order valence-corrected chi connectivity index (χ0v) is 13.4. The van der Waals surface area contributed by atoms with Gasteiger partial charge in [-0.05, 0) is 49.4 Å². The maximum atomic E-state index is 12.4. The quantitative estimate of drug-likeness (QED) is 0.806. The second-order valence-electron chi connectivity index (χ2n) is 5.49. The first-order valence-electron chi connectivity index (χ1n) is 7.17. The van der Waals surface area contributed by atoms with E-state index >= 15 is 0 Å². The SMILES string of the molecule is CCCC1CCN(C(=O)c2ccc(Br)c(C)c2)CC1. The number of carbonyl (C=O) groups excluding carboxylic acids is 1. The summed E-state index contributed by atoms with van der Waals surface area (Å²) < 4.78 is 1.06. The Balaban J connectivity index is 1.99. The van der Waals surface area contributed by atoms with Crippen LogP contribution in [0.3, 0.4) is 0 Å². The van der Waals surface area contributed by atoms with Crippen molar-refractivity contribution in [2.45, 2.75) is 39.5 Å². The Morgan fingerprint density at radius 2 is 2.05 bits per heavy atom. The molecule has 1 aliphatic rings. The van der Waals surface area contributed by atoms with Gasteiger partial charge in [-0.2, -0.15) is 0 Å². The Bertz CT molecular complexity index is 450. The van der Waals surface area contributed by atoms with E-state index in [-0.39, 0.29) is 5.91 Å². The zero-order valence-electron chi connectivity index (χ0n) is 11.8. The summed E-state index contributed by atoms with van der Waals surface area (Å²) in [7, 11) is 0. The topological polar surface area (TPSA) is 20.3 Å². The molecule has 0 radical (unpaired) electrons. The maximum Gasteiger partial charge on any atom is 0.253 e. The molecule has 1 heterocycles. The third-order valence-electron chi connectivity index (χ3n) is 4.00. The molecule has 0 bridgehead atoms. The number of halogens is 1. The van der Waals surface area contributed by atoms with Gasteiger partial charge in [-0.25, -0.2) is 0 Å². The Hall–Kier alpha value is -0.830. The molecule has 0 saturated carbocycles. The van der Waals surface area contributed by atoms with Crippen LogP contribution in [0, 0.1) is 12.8 Å². The molecule has 1 aromatic rings. The predicted molar refractivity (Wildman–Crippen MR) is 82.4 cm³/mol. The van der Waals surface area contributed by atoms with Crippen molar-refractivity contribution in [3.63, 3.8) is 0 Å². The molecule has 19 heavy (non-hydrogen) atoms. The molecule has 0 aromatic heterocycles. The molecular formula is C16H22BrNO. The van der Waals surface area contributed by atoms with Crippen LogP contribution < -0.4 is 0 Å². The third kappa shape index (κ3) is 3.59. The van der Waals surface area contributed by atoms with Gasteiger partial charge >= 0.3 is 0 Å². The summed E-state index contributed by atoms with van der Waals surface area (Å²) in [6, 6.07) is 5.86. The van der Waals surface area contributed by atoms with Gasteiger partial charge in [0.15, 0.2) is 0 Å². The fourth-order valence-corrected chi connectivity index (χ4v) is 3.04. The van der Waals surface area contributed by atoms with Crippen LogP contribution in [0.15, 0.2) is 22.7 Å². The second kappa shape index (κ2) is 6.56. The highest BCUT2D eigenvalue weighted by Gasteiger charge is 2.23. The number of likely N-dealkylation sites (tertiary alicyclic amines) is 1. The predicted octanol–water partition coefficient (Wildman–Crippen LogP) is 4.41. The van der Waals surface area contributed by atoms with Gasteiger partial charge in [-0.3, -0.25) is 4.79 Å². The molecule has 0 aliphatic carbocycles. The van der Waals surface area contributed by atoms with Crippen molar-refractivity contribution in [3.05, 3.63) is 33.8 Å². The van der Waals surface area contributed by atoms with Crippen molar-refractivity contribution in [1.29, 1.82) is 0 Å². The van der Waals surface area contributed by atoms with Crippen LogP contribution in [0.2, 0.25) is 0 Å². The van der Waals surface area contributed by atoms with E-state index in [0.717, 1.165) is 47.4 Å². The first-order valence-corrected chi connectivity index (χ1v) is 7.96. The number of piperidine rings is 1. The van der Waals surface area contributed by atoms with Gasteiger partial charge in [0.25, 0.3) is 5.91 Å². The smallest absolute Gasteiger partial charge is 0.253 e. The van der Waals surface area contributed by atoms with Crippen molar-refractivity contribution >= 4 is 21.8 Å². The van der Waals surface area contributed by atoms with Gasteiger partial charge in [0.2, 0.25) is 0 Å². The number of nitrogens with zero attached hydrogens (tertiary/aromatic N) is 1. The van der Waals surface area contributed by atoms with Gasteiger partial charge in [-0.15, -0.1) is 0 Å². The van der Waals surface area contributed by atoms with Crippen LogP contribution in [0.1, 0.15) is 48.5 Å². The highest BCUT2D eigenvalue weighted by molar-refractivity contribution is 9.10. The lowest BCUT2D eigenvalue weighted by Gasteiger charge is -2.32. The van der Waals surface area contributed by atoms with E-state index in [9.17, 15) is 4.79 Å². The second-order valence-corrected chi connectivity index (χ2v) is 6.34. The molecule has 1 aliphatic heterocycles. The lowest BCUT2D eigenvalue weighted by atomic mass is 9.92. The molecule has 1 fully saturated rings. The number of amides is 1.